The van der Waals surface area contributed by atoms with Crippen molar-refractivity contribution in [1.29, 1.82) is 0 Å². The van der Waals surface area contributed by atoms with Crippen molar-refractivity contribution in [3.63, 3.8) is 0 Å². The van der Waals surface area contributed by atoms with Gasteiger partial charge in [-0.2, -0.15) is 0 Å². The Morgan fingerprint density at radius 1 is 1.18 bits per heavy atom. The first-order chi connectivity index (χ1) is 10.2. The molecule has 1 heterocycles. The van der Waals surface area contributed by atoms with Crippen LogP contribution in [-0.2, 0) is 13.0 Å². The van der Waals surface area contributed by atoms with Gasteiger partial charge in [0.05, 0.1) is 4.99 Å². The fourth-order valence-electron chi connectivity index (χ4n) is 4.96. The number of thiocarbonyl (C=S) groups is 1. The molecule has 2 nitrogen and oxygen atoms in total. The Balaban J connectivity index is 1.68. The van der Waals surface area contributed by atoms with Crippen molar-refractivity contribution in [3.8, 4) is 0 Å². The van der Waals surface area contributed by atoms with E-state index in [0.717, 1.165) is 12.6 Å². The third-order valence-electron chi connectivity index (χ3n) is 5.31. The van der Waals surface area contributed by atoms with Gasteiger partial charge in [0.2, 0.25) is 0 Å². The largest absolute Gasteiger partial charge is 0.393 e. The minimum Gasteiger partial charge on any atom is -0.393 e. The SMILES string of the molecule is CC1(C)CC2CC(C)(CN2Cc2ccc(CC(N)=S)cc2)C1. The second kappa shape index (κ2) is 5.61. The fourth-order valence-corrected chi connectivity index (χ4v) is 5.13. The summed E-state index contributed by atoms with van der Waals surface area (Å²) in [5.41, 5.74) is 9.24. The molecule has 0 aromatic heterocycles. The maximum Gasteiger partial charge on any atom is 0.0771 e. The van der Waals surface area contributed by atoms with E-state index in [2.05, 4.69) is 49.9 Å². The number of rotatable bonds is 4. The molecule has 0 amide bonds. The third kappa shape index (κ3) is 3.52. The van der Waals surface area contributed by atoms with Gasteiger partial charge in [-0.15, -0.1) is 0 Å². The average Bonchev–Trinajstić information content (AvgIpc) is 2.60. The van der Waals surface area contributed by atoms with Crippen LogP contribution in [0.2, 0.25) is 0 Å². The van der Waals surface area contributed by atoms with E-state index < -0.39 is 0 Å². The first-order valence-electron chi connectivity index (χ1n) is 8.35. The topological polar surface area (TPSA) is 29.3 Å². The summed E-state index contributed by atoms with van der Waals surface area (Å²) in [6.07, 6.45) is 4.77. The highest BCUT2D eigenvalue weighted by Crippen LogP contribution is 2.52. The van der Waals surface area contributed by atoms with Gasteiger partial charge in [0.1, 0.15) is 0 Å². The van der Waals surface area contributed by atoms with E-state index in [9.17, 15) is 0 Å². The maximum atomic E-state index is 5.62. The van der Waals surface area contributed by atoms with Crippen molar-refractivity contribution in [2.45, 2.75) is 59.0 Å². The first-order valence-corrected chi connectivity index (χ1v) is 8.76. The van der Waals surface area contributed by atoms with Crippen LogP contribution in [-0.4, -0.2) is 22.5 Å². The van der Waals surface area contributed by atoms with Crippen molar-refractivity contribution in [1.82, 2.24) is 4.90 Å². The Morgan fingerprint density at radius 3 is 2.45 bits per heavy atom. The molecule has 22 heavy (non-hydrogen) atoms. The van der Waals surface area contributed by atoms with E-state index in [4.69, 9.17) is 18.0 Å². The molecular weight excluding hydrogens is 288 g/mol. The van der Waals surface area contributed by atoms with Gasteiger partial charge in [0, 0.05) is 25.6 Å². The summed E-state index contributed by atoms with van der Waals surface area (Å²) >= 11 is 4.98. The minimum absolute atomic E-state index is 0.493. The summed E-state index contributed by atoms with van der Waals surface area (Å²) in [4.78, 5) is 3.27. The maximum absolute atomic E-state index is 5.62. The van der Waals surface area contributed by atoms with Crippen LogP contribution < -0.4 is 5.73 Å². The van der Waals surface area contributed by atoms with Gasteiger partial charge in [-0.25, -0.2) is 0 Å². The molecule has 0 radical (unpaired) electrons. The van der Waals surface area contributed by atoms with E-state index in [0.29, 0.717) is 22.2 Å². The van der Waals surface area contributed by atoms with Crippen LogP contribution in [0.5, 0.6) is 0 Å². The molecule has 0 spiro atoms. The normalized spacial score (nSPS) is 30.4. The molecule has 1 saturated heterocycles. The summed E-state index contributed by atoms with van der Waals surface area (Å²) < 4.78 is 0. The second-order valence-corrected chi connectivity index (χ2v) is 9.10. The Kier molecular flexibility index (Phi) is 4.07. The number of benzene rings is 1. The fraction of sp³-hybridized carbons (Fsp3) is 0.632. The molecule has 3 heteroatoms. The molecule has 2 aliphatic rings. The predicted octanol–water partition coefficient (Wildman–Crippen LogP) is 3.92. The molecule has 1 aromatic carbocycles. The monoisotopic (exact) mass is 316 g/mol. The molecular formula is C19H28N2S. The molecule has 1 aromatic rings. The van der Waals surface area contributed by atoms with Crippen LogP contribution in [0.1, 0.15) is 51.2 Å². The van der Waals surface area contributed by atoms with E-state index in [1.54, 1.807) is 0 Å². The summed E-state index contributed by atoms with van der Waals surface area (Å²) in [6, 6.07) is 9.57. The summed E-state index contributed by atoms with van der Waals surface area (Å²) in [5, 5.41) is 0. The molecule has 2 fully saturated rings. The molecule has 2 N–H and O–H groups in total. The summed E-state index contributed by atoms with van der Waals surface area (Å²) in [7, 11) is 0. The van der Waals surface area contributed by atoms with Crippen LogP contribution >= 0.6 is 12.2 Å². The first kappa shape index (κ1) is 15.9. The van der Waals surface area contributed by atoms with Crippen LogP contribution in [0.3, 0.4) is 0 Å². The number of fused-ring (bicyclic) bond motifs is 2. The van der Waals surface area contributed by atoms with Crippen molar-refractivity contribution >= 4 is 17.2 Å². The third-order valence-corrected chi connectivity index (χ3v) is 5.45. The lowest BCUT2D eigenvalue weighted by atomic mass is 9.65. The van der Waals surface area contributed by atoms with Crippen LogP contribution in [0, 0.1) is 10.8 Å². The highest BCUT2D eigenvalue weighted by atomic mass is 32.1. The molecule has 2 bridgehead atoms. The van der Waals surface area contributed by atoms with Crippen molar-refractivity contribution in [2.75, 3.05) is 6.54 Å². The minimum atomic E-state index is 0.493. The smallest absolute Gasteiger partial charge is 0.0771 e. The Bertz CT molecular complexity index is 563. The van der Waals surface area contributed by atoms with Crippen molar-refractivity contribution in [2.24, 2.45) is 16.6 Å². The zero-order valence-corrected chi connectivity index (χ0v) is 14.9. The van der Waals surface area contributed by atoms with Gasteiger partial charge in [0.25, 0.3) is 0 Å². The lowest BCUT2D eigenvalue weighted by Gasteiger charge is -2.40. The second-order valence-electron chi connectivity index (χ2n) is 8.58. The highest BCUT2D eigenvalue weighted by molar-refractivity contribution is 7.80. The quantitative estimate of drug-likeness (QED) is 0.854. The van der Waals surface area contributed by atoms with Gasteiger partial charge < -0.3 is 5.73 Å². The average molecular weight is 317 g/mol. The summed E-state index contributed by atoms with van der Waals surface area (Å²) in [6.45, 7) is 9.67. The molecule has 2 unspecified atom stereocenters. The number of likely N-dealkylation sites (tertiary alicyclic amines) is 1. The Morgan fingerprint density at radius 2 is 1.82 bits per heavy atom. The van der Waals surface area contributed by atoms with E-state index >= 15 is 0 Å². The van der Waals surface area contributed by atoms with Crippen molar-refractivity contribution in [3.05, 3.63) is 35.4 Å². The van der Waals surface area contributed by atoms with E-state index in [1.165, 1.54) is 36.9 Å². The molecule has 120 valence electrons. The lowest BCUT2D eigenvalue weighted by molar-refractivity contribution is 0.126. The Hall–Kier alpha value is -0.930. The number of hydrogen-bond acceptors (Lipinski definition) is 2. The van der Waals surface area contributed by atoms with Gasteiger partial charge >= 0.3 is 0 Å². The van der Waals surface area contributed by atoms with Crippen molar-refractivity contribution < 1.29 is 0 Å². The van der Waals surface area contributed by atoms with E-state index in [1.807, 2.05) is 0 Å². The van der Waals surface area contributed by atoms with E-state index in [-0.39, 0.29) is 0 Å². The van der Waals surface area contributed by atoms with Crippen LogP contribution in [0.4, 0.5) is 0 Å². The van der Waals surface area contributed by atoms with Gasteiger partial charge in [-0.3, -0.25) is 4.90 Å². The lowest BCUT2D eigenvalue weighted by Crippen LogP contribution is -2.34. The molecule has 2 atom stereocenters. The van der Waals surface area contributed by atoms with Crippen LogP contribution in [0.15, 0.2) is 24.3 Å². The number of hydrogen-bond donors (Lipinski definition) is 1. The van der Waals surface area contributed by atoms with Gasteiger partial charge in [-0.05, 0) is 41.2 Å². The molecule has 3 rings (SSSR count). The van der Waals surface area contributed by atoms with Gasteiger partial charge in [0.15, 0.2) is 0 Å². The highest BCUT2D eigenvalue weighted by Gasteiger charge is 2.49. The molecule has 1 aliphatic carbocycles. The van der Waals surface area contributed by atoms with Crippen LogP contribution in [0.25, 0.3) is 0 Å². The zero-order valence-electron chi connectivity index (χ0n) is 14.1. The standard InChI is InChI=1S/C19H28N2S/c1-18(2)9-16-10-19(3,12-18)13-21(16)11-15-6-4-14(5-7-15)8-17(20)22/h4-7,16H,8-13H2,1-3H3,(H2,20,22). The van der Waals surface area contributed by atoms with Gasteiger partial charge in [-0.1, -0.05) is 57.3 Å². The number of nitrogens with zero attached hydrogens (tertiary/aromatic N) is 1. The summed E-state index contributed by atoms with van der Waals surface area (Å²) in [5.74, 6) is 0. The number of nitrogens with two attached hydrogens (primary N) is 1. The Labute approximate surface area is 140 Å². The predicted molar refractivity (Wildman–Crippen MR) is 96.9 cm³/mol. The zero-order chi connectivity index (χ0) is 16.0. The molecule has 1 aliphatic heterocycles. The molecule has 1 saturated carbocycles.